The Morgan fingerprint density at radius 3 is 2.59 bits per heavy atom. The summed E-state index contributed by atoms with van der Waals surface area (Å²) in [5, 5.41) is 10.2. The van der Waals surface area contributed by atoms with Gasteiger partial charge in [0.1, 0.15) is 0 Å². The first-order valence-electron chi connectivity index (χ1n) is 12.8. The van der Waals surface area contributed by atoms with E-state index in [9.17, 15) is 9.50 Å². The summed E-state index contributed by atoms with van der Waals surface area (Å²) in [4.78, 5) is 0. The summed E-state index contributed by atoms with van der Waals surface area (Å²) in [5.41, 5.74) is 1.51. The van der Waals surface area contributed by atoms with Crippen molar-refractivity contribution in [2.24, 2.45) is 46.3 Å². The lowest BCUT2D eigenvalue weighted by atomic mass is 9.46. The molecule has 0 saturated heterocycles. The minimum Gasteiger partial charge on any atom is -0.393 e. The molecule has 4 aliphatic rings. The summed E-state index contributed by atoms with van der Waals surface area (Å²) in [6, 6.07) is 0. The molecule has 0 bridgehead atoms. The highest BCUT2D eigenvalue weighted by Gasteiger charge is 2.60. The number of hydrogen-bond acceptors (Lipinski definition) is 1. The molecule has 166 valence electrons. The van der Waals surface area contributed by atoms with Crippen LogP contribution in [0.3, 0.4) is 0 Å². The van der Waals surface area contributed by atoms with E-state index >= 15 is 0 Å². The van der Waals surface area contributed by atoms with E-state index in [2.05, 4.69) is 33.8 Å². The number of allylic oxidation sites excluding steroid dienone is 1. The number of hydrogen-bond donors (Lipinski definition) is 1. The van der Waals surface area contributed by atoms with Gasteiger partial charge < -0.3 is 5.11 Å². The lowest BCUT2D eigenvalue weighted by Gasteiger charge is -2.58. The summed E-state index contributed by atoms with van der Waals surface area (Å²) < 4.78 is 14.6. The predicted octanol–water partition coefficient (Wildman–Crippen LogP) is 7.34. The van der Waals surface area contributed by atoms with Crippen molar-refractivity contribution >= 4 is 0 Å². The van der Waals surface area contributed by atoms with Crippen LogP contribution in [0.25, 0.3) is 0 Å². The Morgan fingerprint density at radius 1 is 1.07 bits per heavy atom. The summed E-state index contributed by atoms with van der Waals surface area (Å²) in [7, 11) is 0. The standard InChI is InChI=1S/C27H45FO/c1-18(2)6-5-7-19(3)23-10-11-24-22-9-8-20-16-21(29)12-15-27(20,17-28)25(22)13-14-26(23,24)4/h8,18-19,21-25,29H,5-7,9-17H2,1-4H3/t19-,21+,22+,23-,24+,25+,26-,27-/m1/s1. The van der Waals surface area contributed by atoms with E-state index in [0.29, 0.717) is 17.3 Å². The normalized spacial score (nSPS) is 45.3. The van der Waals surface area contributed by atoms with Crippen molar-refractivity contribution in [3.8, 4) is 0 Å². The SMILES string of the molecule is CC(C)CCC[C@@H](C)[C@H]1CC[C@H]2[C@@H]3CC=C4C[C@@H](O)CC[C@]4(CF)[C@H]3CC[C@]12C. The molecule has 3 fully saturated rings. The highest BCUT2D eigenvalue weighted by Crippen LogP contribution is 2.67. The highest BCUT2D eigenvalue weighted by atomic mass is 19.1. The third-order valence-corrected chi connectivity index (χ3v) is 10.2. The van der Waals surface area contributed by atoms with Crippen LogP contribution in [-0.4, -0.2) is 17.9 Å². The van der Waals surface area contributed by atoms with Gasteiger partial charge in [0.25, 0.3) is 0 Å². The van der Waals surface area contributed by atoms with Gasteiger partial charge in [-0.15, -0.1) is 0 Å². The molecule has 0 aromatic carbocycles. The van der Waals surface area contributed by atoms with Gasteiger partial charge in [0.05, 0.1) is 12.8 Å². The Hall–Kier alpha value is -0.370. The molecular formula is C27H45FO. The maximum atomic E-state index is 14.6. The average Bonchev–Trinajstić information content (AvgIpc) is 3.04. The second-order valence-corrected chi connectivity index (χ2v) is 12.1. The van der Waals surface area contributed by atoms with E-state index < -0.39 is 0 Å². The molecule has 0 radical (unpaired) electrons. The molecule has 29 heavy (non-hydrogen) atoms. The molecule has 2 heteroatoms. The molecule has 0 amide bonds. The maximum absolute atomic E-state index is 14.6. The Morgan fingerprint density at radius 2 is 1.86 bits per heavy atom. The van der Waals surface area contributed by atoms with Gasteiger partial charge in [0.2, 0.25) is 0 Å². The van der Waals surface area contributed by atoms with Gasteiger partial charge in [-0.05, 0) is 92.3 Å². The molecule has 0 aliphatic heterocycles. The zero-order valence-electron chi connectivity index (χ0n) is 19.4. The molecule has 0 unspecified atom stereocenters. The highest BCUT2D eigenvalue weighted by molar-refractivity contribution is 5.26. The van der Waals surface area contributed by atoms with Crippen LogP contribution in [0, 0.1) is 46.3 Å². The van der Waals surface area contributed by atoms with Crippen LogP contribution in [0.1, 0.15) is 98.3 Å². The van der Waals surface area contributed by atoms with Crippen LogP contribution in [-0.2, 0) is 0 Å². The van der Waals surface area contributed by atoms with Crippen LogP contribution in [0.2, 0.25) is 0 Å². The van der Waals surface area contributed by atoms with Crippen LogP contribution in [0.5, 0.6) is 0 Å². The molecule has 0 aromatic rings. The molecule has 8 atom stereocenters. The van der Waals surface area contributed by atoms with Gasteiger partial charge in [-0.1, -0.05) is 58.6 Å². The molecule has 0 heterocycles. The number of halogens is 1. The predicted molar refractivity (Wildman–Crippen MR) is 119 cm³/mol. The Balaban J connectivity index is 1.51. The number of rotatable bonds is 6. The number of aliphatic hydroxyl groups excluding tert-OH is 1. The molecule has 4 aliphatic carbocycles. The molecular weight excluding hydrogens is 359 g/mol. The van der Waals surface area contributed by atoms with Crippen molar-refractivity contribution in [3.63, 3.8) is 0 Å². The summed E-state index contributed by atoms with van der Waals surface area (Å²) in [5.74, 6) is 4.49. The van der Waals surface area contributed by atoms with Crippen molar-refractivity contribution in [2.45, 2.75) is 104 Å². The van der Waals surface area contributed by atoms with Crippen LogP contribution in [0.15, 0.2) is 11.6 Å². The number of alkyl halides is 1. The second kappa shape index (κ2) is 8.29. The van der Waals surface area contributed by atoms with Crippen LogP contribution in [0.4, 0.5) is 4.39 Å². The molecule has 1 N–H and O–H groups in total. The van der Waals surface area contributed by atoms with Gasteiger partial charge in [0, 0.05) is 5.41 Å². The third-order valence-electron chi connectivity index (χ3n) is 10.2. The monoisotopic (exact) mass is 404 g/mol. The van der Waals surface area contributed by atoms with Crippen molar-refractivity contribution in [1.82, 2.24) is 0 Å². The minimum absolute atomic E-state index is 0.203. The quantitative estimate of drug-likeness (QED) is 0.459. The fraction of sp³-hybridized carbons (Fsp3) is 0.926. The van der Waals surface area contributed by atoms with E-state index in [1.54, 1.807) is 0 Å². The Kier molecular flexibility index (Phi) is 6.24. The van der Waals surface area contributed by atoms with E-state index in [-0.39, 0.29) is 18.2 Å². The largest absolute Gasteiger partial charge is 0.393 e. The van der Waals surface area contributed by atoms with E-state index in [0.717, 1.165) is 49.4 Å². The second-order valence-electron chi connectivity index (χ2n) is 12.1. The van der Waals surface area contributed by atoms with Crippen molar-refractivity contribution in [1.29, 1.82) is 0 Å². The van der Waals surface area contributed by atoms with Gasteiger partial charge in [-0.2, -0.15) is 0 Å². The maximum Gasteiger partial charge on any atom is 0.0990 e. The summed E-state index contributed by atoms with van der Waals surface area (Å²) >= 11 is 0. The van der Waals surface area contributed by atoms with Crippen LogP contribution < -0.4 is 0 Å². The van der Waals surface area contributed by atoms with Crippen LogP contribution >= 0.6 is 0 Å². The Bertz CT molecular complexity index is 612. The smallest absolute Gasteiger partial charge is 0.0990 e. The fourth-order valence-corrected chi connectivity index (χ4v) is 8.71. The summed E-state index contributed by atoms with van der Waals surface area (Å²) in [6.07, 6.45) is 15.1. The lowest BCUT2D eigenvalue weighted by Crippen LogP contribution is -2.52. The van der Waals surface area contributed by atoms with Crippen molar-refractivity contribution in [3.05, 3.63) is 11.6 Å². The molecule has 3 saturated carbocycles. The molecule has 1 nitrogen and oxygen atoms in total. The topological polar surface area (TPSA) is 20.2 Å². The van der Waals surface area contributed by atoms with Gasteiger partial charge in [-0.25, -0.2) is 0 Å². The lowest BCUT2D eigenvalue weighted by molar-refractivity contribution is -0.0700. The van der Waals surface area contributed by atoms with E-state index in [1.807, 2.05) is 0 Å². The number of aliphatic hydroxyl groups is 1. The zero-order valence-corrected chi connectivity index (χ0v) is 19.4. The fourth-order valence-electron chi connectivity index (χ4n) is 8.71. The average molecular weight is 405 g/mol. The summed E-state index contributed by atoms with van der Waals surface area (Å²) in [6.45, 7) is 9.61. The zero-order chi connectivity index (χ0) is 20.8. The number of fused-ring (bicyclic) bond motifs is 5. The minimum atomic E-state index is -0.242. The van der Waals surface area contributed by atoms with Crippen molar-refractivity contribution < 1.29 is 9.50 Å². The first kappa shape index (κ1) is 21.8. The first-order valence-corrected chi connectivity index (χ1v) is 12.8. The molecule has 0 spiro atoms. The Labute approximate surface area is 178 Å². The molecule has 0 aromatic heterocycles. The van der Waals surface area contributed by atoms with Crippen molar-refractivity contribution in [2.75, 3.05) is 6.67 Å². The van der Waals surface area contributed by atoms with Gasteiger partial charge in [-0.3, -0.25) is 4.39 Å². The van der Waals surface area contributed by atoms with E-state index in [4.69, 9.17) is 0 Å². The van der Waals surface area contributed by atoms with E-state index in [1.165, 1.54) is 50.5 Å². The van der Waals surface area contributed by atoms with Gasteiger partial charge >= 0.3 is 0 Å². The van der Waals surface area contributed by atoms with Gasteiger partial charge in [0.15, 0.2) is 0 Å². The first-order chi connectivity index (χ1) is 13.8. The molecule has 4 rings (SSSR count). The third kappa shape index (κ3) is 3.64.